The molecule has 17 heteroatoms. The number of Topliss-reactive ketones (excluding diaryl/α,β-unsaturated/α-hetero) is 1. The maximum absolute atomic E-state index is 13.3. The van der Waals surface area contributed by atoms with Crippen LogP contribution in [0.5, 0.6) is 11.5 Å². The number of unbranched alkanes of at least 4 members (excludes halogenated alkanes) is 6. The molecule has 0 aliphatic carbocycles. The molecule has 0 radical (unpaired) electrons. The number of ether oxygens (including phenoxy) is 1. The fourth-order valence-electron chi connectivity index (χ4n) is 8.88. The van der Waals surface area contributed by atoms with E-state index in [2.05, 4.69) is 30.6 Å². The molecule has 3 saturated heterocycles. The van der Waals surface area contributed by atoms with Crippen LogP contribution in [-0.2, 0) is 14.4 Å². The number of anilines is 3. The highest BCUT2D eigenvalue weighted by molar-refractivity contribution is 6.25. The smallest absolute Gasteiger partial charge is 0.264 e. The Morgan fingerprint density at radius 3 is 2.26 bits per heavy atom. The number of carbonyl (C=O) groups excluding carboxylic acids is 6. The Hall–Kier alpha value is -6.88. The van der Waals surface area contributed by atoms with Crippen LogP contribution in [0, 0.1) is 0 Å². The van der Waals surface area contributed by atoms with E-state index in [-0.39, 0.29) is 47.5 Å². The van der Waals surface area contributed by atoms with Crippen molar-refractivity contribution in [3.63, 3.8) is 0 Å². The first-order chi connectivity index (χ1) is 31.5. The number of imide groups is 2. The number of hydrogen-bond donors (Lipinski definition) is 4. The van der Waals surface area contributed by atoms with Gasteiger partial charge in [-0.2, -0.15) is 0 Å². The number of fused-ring (bicyclic) bond motifs is 1. The molecule has 4 aliphatic rings. The van der Waals surface area contributed by atoms with Gasteiger partial charge in [0.2, 0.25) is 11.8 Å². The lowest BCUT2D eigenvalue weighted by molar-refractivity contribution is -0.136. The number of aromatic nitrogens is 2. The molecule has 5 N–H and O–H groups in total. The van der Waals surface area contributed by atoms with Gasteiger partial charge in [-0.25, -0.2) is 0 Å². The summed E-state index contributed by atoms with van der Waals surface area (Å²) in [6, 6.07) is 20.1. The minimum Gasteiger partial charge on any atom is -0.507 e. The Morgan fingerprint density at radius 2 is 1.52 bits per heavy atom. The number of ketones is 1. The zero-order valence-electron chi connectivity index (χ0n) is 36.4. The topological polar surface area (TPSA) is 221 Å². The molecule has 1 unspecified atom stereocenters. The molecular formula is C48H55N9O8. The maximum Gasteiger partial charge on any atom is 0.264 e. The number of amides is 5. The molecule has 17 nitrogen and oxygen atoms in total. The number of hydrogen-bond acceptors (Lipinski definition) is 14. The predicted octanol–water partition coefficient (Wildman–Crippen LogP) is 4.66. The van der Waals surface area contributed by atoms with Crippen LogP contribution in [0.25, 0.3) is 11.3 Å². The van der Waals surface area contributed by atoms with Crippen molar-refractivity contribution in [1.29, 1.82) is 0 Å². The molecule has 0 spiro atoms. The van der Waals surface area contributed by atoms with Gasteiger partial charge in [-0.15, -0.1) is 10.2 Å². The fourth-order valence-corrected chi connectivity index (χ4v) is 8.88. The number of para-hydroxylation sites is 1. The summed E-state index contributed by atoms with van der Waals surface area (Å²) in [4.78, 5) is 83.5. The highest BCUT2D eigenvalue weighted by Gasteiger charge is 2.45. The van der Waals surface area contributed by atoms with Crippen LogP contribution in [0.3, 0.4) is 0 Å². The van der Waals surface area contributed by atoms with Crippen LogP contribution < -0.4 is 26.0 Å². The number of phenols is 1. The van der Waals surface area contributed by atoms with E-state index in [1.165, 1.54) is 0 Å². The number of nitrogens with one attached hydrogen (secondary N) is 2. The molecule has 1 aromatic heterocycles. The molecule has 0 bridgehead atoms. The summed E-state index contributed by atoms with van der Waals surface area (Å²) in [5, 5.41) is 24.0. The van der Waals surface area contributed by atoms with Crippen LogP contribution in [0.2, 0.25) is 0 Å². The number of aromatic hydroxyl groups is 1. The highest BCUT2D eigenvalue weighted by Crippen LogP contribution is 2.35. The molecule has 3 aromatic carbocycles. The molecule has 3 fully saturated rings. The van der Waals surface area contributed by atoms with Gasteiger partial charge in [0.05, 0.1) is 42.1 Å². The summed E-state index contributed by atoms with van der Waals surface area (Å²) in [6.45, 7) is 4.65. The molecule has 4 aliphatic heterocycles. The van der Waals surface area contributed by atoms with Crippen molar-refractivity contribution in [1.82, 2.24) is 30.2 Å². The second kappa shape index (κ2) is 20.3. The van der Waals surface area contributed by atoms with Crippen LogP contribution in [0.15, 0.2) is 72.8 Å². The summed E-state index contributed by atoms with van der Waals surface area (Å²) in [5.74, 6) is -0.780. The van der Waals surface area contributed by atoms with Crippen LogP contribution in [0.4, 0.5) is 17.2 Å². The van der Waals surface area contributed by atoms with Crippen LogP contribution in [0.1, 0.15) is 95.3 Å². The zero-order chi connectivity index (χ0) is 45.5. The number of nitrogens with zero attached hydrogens (tertiary/aromatic N) is 6. The zero-order valence-corrected chi connectivity index (χ0v) is 36.4. The van der Waals surface area contributed by atoms with E-state index in [0.29, 0.717) is 92.9 Å². The number of piperazine rings is 1. The monoisotopic (exact) mass is 885 g/mol. The average Bonchev–Trinajstić information content (AvgIpc) is 3.55. The maximum atomic E-state index is 13.3. The Labute approximate surface area is 377 Å². The molecule has 5 heterocycles. The molecule has 340 valence electrons. The molecule has 0 saturated carbocycles. The van der Waals surface area contributed by atoms with E-state index in [1.807, 2.05) is 29.2 Å². The van der Waals surface area contributed by atoms with Gasteiger partial charge in [0.25, 0.3) is 17.7 Å². The molecule has 65 heavy (non-hydrogen) atoms. The molecule has 8 rings (SSSR count). The van der Waals surface area contributed by atoms with E-state index >= 15 is 0 Å². The third-order valence-corrected chi connectivity index (χ3v) is 12.5. The van der Waals surface area contributed by atoms with Crippen molar-refractivity contribution in [3.8, 4) is 22.8 Å². The first-order valence-electron chi connectivity index (χ1n) is 22.6. The average molecular weight is 886 g/mol. The number of piperidine rings is 1. The number of phenolic OH excluding ortho intramolecular Hbond substituents is 1. The Balaban J connectivity index is 0.664. The first kappa shape index (κ1) is 44.7. The summed E-state index contributed by atoms with van der Waals surface area (Å²) >= 11 is 0. The van der Waals surface area contributed by atoms with Crippen molar-refractivity contribution in [2.24, 2.45) is 0 Å². The van der Waals surface area contributed by atoms with Gasteiger partial charge in [-0.05, 0) is 73.9 Å². The number of benzene rings is 3. The molecule has 4 aromatic rings. The number of rotatable bonds is 19. The summed E-state index contributed by atoms with van der Waals surface area (Å²) in [7, 11) is 0. The summed E-state index contributed by atoms with van der Waals surface area (Å²) in [5.41, 5.74) is 9.67. The predicted molar refractivity (Wildman–Crippen MR) is 243 cm³/mol. The van der Waals surface area contributed by atoms with Gasteiger partial charge < -0.3 is 30.7 Å². The van der Waals surface area contributed by atoms with Crippen molar-refractivity contribution in [2.75, 3.05) is 68.3 Å². The Morgan fingerprint density at radius 1 is 0.815 bits per heavy atom. The number of carbonyl (C=O) groups is 6. The van der Waals surface area contributed by atoms with E-state index in [1.54, 1.807) is 48.5 Å². The first-order valence-corrected chi connectivity index (χ1v) is 22.6. The third kappa shape index (κ3) is 10.4. The van der Waals surface area contributed by atoms with Gasteiger partial charge >= 0.3 is 0 Å². The van der Waals surface area contributed by atoms with Gasteiger partial charge in [0.15, 0.2) is 5.82 Å². The minimum absolute atomic E-state index is 0.0387. The lowest BCUT2D eigenvalue weighted by atomic mass is 10.0. The second-order valence-electron chi connectivity index (χ2n) is 17.1. The van der Waals surface area contributed by atoms with Crippen molar-refractivity contribution < 1.29 is 38.6 Å². The summed E-state index contributed by atoms with van der Waals surface area (Å²) in [6.07, 6.45) is 7.58. The van der Waals surface area contributed by atoms with E-state index in [9.17, 15) is 33.9 Å². The van der Waals surface area contributed by atoms with Gasteiger partial charge in [-0.3, -0.25) is 43.9 Å². The largest absolute Gasteiger partial charge is 0.507 e. The summed E-state index contributed by atoms with van der Waals surface area (Å²) < 4.78 is 6.17. The van der Waals surface area contributed by atoms with E-state index in [4.69, 9.17) is 10.5 Å². The lowest BCUT2D eigenvalue weighted by Gasteiger charge is -2.40. The fraction of sp³-hybridized carbons (Fsp3) is 0.417. The van der Waals surface area contributed by atoms with Gasteiger partial charge in [0.1, 0.15) is 29.4 Å². The Bertz CT molecular complexity index is 2430. The molecule has 1 atom stereocenters. The quantitative estimate of drug-likeness (QED) is 0.0744. The number of nitrogens with two attached hydrogens (primary N) is 1. The van der Waals surface area contributed by atoms with Crippen molar-refractivity contribution in [3.05, 3.63) is 89.5 Å². The minimum atomic E-state index is -0.993. The van der Waals surface area contributed by atoms with Crippen molar-refractivity contribution in [2.45, 2.75) is 76.4 Å². The SMILES string of the molecule is Nc1nnc(-c2ccccc2O)cc1N1CC(Oc2ccc(C(=O)N3CCN(CC(=O)CCCCCCCCCNc4cccc5c4C(=O)N(C4CCC(=O)NC4=O)C5=O)CC3)cc2)C1. The normalized spacial score (nSPS) is 17.8. The second-order valence-corrected chi connectivity index (χ2v) is 17.1. The van der Waals surface area contributed by atoms with Crippen LogP contribution in [-0.4, -0.2) is 130 Å². The van der Waals surface area contributed by atoms with Crippen molar-refractivity contribution >= 4 is 52.5 Å². The van der Waals surface area contributed by atoms with E-state index in [0.717, 1.165) is 55.5 Å². The number of nitrogen functional groups attached to an aromatic ring is 1. The van der Waals surface area contributed by atoms with Gasteiger partial charge in [0, 0.05) is 62.4 Å². The van der Waals surface area contributed by atoms with E-state index < -0.39 is 29.7 Å². The van der Waals surface area contributed by atoms with Crippen LogP contribution >= 0.6 is 0 Å². The molecular weight excluding hydrogens is 831 g/mol. The standard InChI is InChI=1S/C48H55N9O8/c49-44-40(27-38(52-53-44)35-12-7-8-15-41(35)59)56-29-34(30-56)65-33-18-16-31(17-19-33)46(62)55-25-23-54(24-26-55)28-32(58)11-6-4-2-1-3-5-9-22-50-37-14-10-13-36-43(37)48(64)57(47(36)63)39-20-21-42(60)51-45(39)61/h7-8,10,12-19,27,34,39,50,59H,1-6,9,11,20-26,28-30H2,(H2,49,53)(H,51,60,61). The molecule has 5 amide bonds. The van der Waals surface area contributed by atoms with Gasteiger partial charge in [-0.1, -0.05) is 50.3 Å². The third-order valence-electron chi connectivity index (χ3n) is 12.5. The lowest BCUT2D eigenvalue weighted by Crippen LogP contribution is -2.54. The Kier molecular flexibility index (Phi) is 14.0. The highest BCUT2D eigenvalue weighted by atomic mass is 16.5.